The summed E-state index contributed by atoms with van der Waals surface area (Å²) in [6, 6.07) is -1.80. The van der Waals surface area contributed by atoms with Crippen LogP contribution in [0, 0.1) is 17.8 Å². The summed E-state index contributed by atoms with van der Waals surface area (Å²) in [5.41, 5.74) is 5.03. The molecule has 0 aromatic rings. The second-order valence-corrected chi connectivity index (χ2v) is 9.53. The molecule has 3 N–H and O–H groups in total. The van der Waals surface area contributed by atoms with Crippen molar-refractivity contribution in [2.24, 2.45) is 17.1 Å². The van der Waals surface area contributed by atoms with Crippen LogP contribution in [-0.4, -0.2) is 70.4 Å². The first-order valence-corrected chi connectivity index (χ1v) is 10.3. The van der Waals surface area contributed by atoms with Gasteiger partial charge in [0.2, 0.25) is 23.6 Å². The zero-order valence-electron chi connectivity index (χ0n) is 18.4. The lowest BCUT2D eigenvalue weighted by Gasteiger charge is -2.31. The highest BCUT2D eigenvalue weighted by atomic mass is 16.2. The number of carbonyl (C=O) groups is 5. The summed E-state index contributed by atoms with van der Waals surface area (Å²) >= 11 is 0. The molecule has 2 saturated heterocycles. The third kappa shape index (κ3) is 5.58. The van der Waals surface area contributed by atoms with Crippen LogP contribution < -0.4 is 11.1 Å². The maximum atomic E-state index is 13.2. The molecule has 30 heavy (non-hydrogen) atoms. The summed E-state index contributed by atoms with van der Waals surface area (Å²) in [6.45, 7) is 9.21. The van der Waals surface area contributed by atoms with Gasteiger partial charge in [0.05, 0.1) is 19.0 Å². The predicted octanol–water partition coefficient (Wildman–Crippen LogP) is 0.0239. The first-order valence-electron chi connectivity index (χ1n) is 10.3. The summed E-state index contributed by atoms with van der Waals surface area (Å²) in [4.78, 5) is 64.3. The fourth-order valence-corrected chi connectivity index (χ4v) is 4.13. The molecule has 0 bridgehead atoms. The first-order chi connectivity index (χ1) is 13.8. The number of nitrogens with zero attached hydrogens (tertiary/aromatic N) is 2. The van der Waals surface area contributed by atoms with Crippen molar-refractivity contribution in [1.29, 1.82) is 0 Å². The average molecular weight is 422 g/mol. The van der Waals surface area contributed by atoms with Gasteiger partial charge in [-0.25, -0.2) is 0 Å². The number of hydrogen-bond acceptors (Lipinski definition) is 5. The molecule has 0 saturated carbocycles. The normalized spacial score (nSPS) is 23.2. The van der Waals surface area contributed by atoms with Gasteiger partial charge in [0.15, 0.2) is 5.78 Å². The standard InChI is InChI=1S/C21H33N4O5/c1-12(19(22)29)6-7-17(28)24-9-8-15-18(24)16(27)11-25(15)20(30)14(23-13(2)26)10-21(3,4)5/h7,12,14-15,18H,6,8-11H2,1-5H3,(H2,22,29)(H,23,26). The predicted molar refractivity (Wildman–Crippen MR) is 110 cm³/mol. The summed E-state index contributed by atoms with van der Waals surface area (Å²) in [5.74, 6) is -2.07. The minimum Gasteiger partial charge on any atom is -0.369 e. The van der Waals surface area contributed by atoms with E-state index in [0.29, 0.717) is 19.4 Å². The maximum absolute atomic E-state index is 13.2. The van der Waals surface area contributed by atoms with Crippen LogP contribution >= 0.6 is 0 Å². The van der Waals surface area contributed by atoms with Gasteiger partial charge in [0.1, 0.15) is 12.1 Å². The lowest BCUT2D eigenvalue weighted by Crippen LogP contribution is -2.51. The van der Waals surface area contributed by atoms with Crippen molar-refractivity contribution in [2.75, 3.05) is 13.1 Å². The van der Waals surface area contributed by atoms with E-state index in [0.717, 1.165) is 0 Å². The molecule has 0 spiro atoms. The van der Waals surface area contributed by atoms with E-state index in [1.165, 1.54) is 23.1 Å². The highest BCUT2D eigenvalue weighted by molar-refractivity contribution is 6.00. The summed E-state index contributed by atoms with van der Waals surface area (Å²) in [5, 5.41) is 2.71. The quantitative estimate of drug-likeness (QED) is 0.599. The van der Waals surface area contributed by atoms with Crippen molar-refractivity contribution in [3.63, 3.8) is 0 Å². The third-order valence-electron chi connectivity index (χ3n) is 5.61. The monoisotopic (exact) mass is 421 g/mol. The Bertz CT molecular complexity index is 729. The molecule has 4 amide bonds. The molecule has 2 rings (SSSR count). The van der Waals surface area contributed by atoms with Gasteiger partial charge in [0, 0.05) is 19.4 Å². The van der Waals surface area contributed by atoms with Crippen LogP contribution in [-0.2, 0) is 24.0 Å². The molecule has 2 aliphatic heterocycles. The molecule has 0 aliphatic carbocycles. The van der Waals surface area contributed by atoms with Gasteiger partial charge in [-0.2, -0.15) is 0 Å². The van der Waals surface area contributed by atoms with E-state index < -0.39 is 30.0 Å². The maximum Gasteiger partial charge on any atom is 0.245 e. The van der Waals surface area contributed by atoms with Crippen molar-refractivity contribution in [2.45, 2.75) is 72.0 Å². The lowest BCUT2D eigenvalue weighted by molar-refractivity contribution is -0.138. The minimum absolute atomic E-state index is 0.0735. The van der Waals surface area contributed by atoms with Crippen LogP contribution in [0.15, 0.2) is 0 Å². The molecule has 2 fully saturated rings. The van der Waals surface area contributed by atoms with Crippen LogP contribution in [0.2, 0.25) is 0 Å². The number of nitrogens with two attached hydrogens (primary N) is 1. The fourth-order valence-electron chi connectivity index (χ4n) is 4.13. The van der Waals surface area contributed by atoms with Crippen molar-refractivity contribution in [1.82, 2.24) is 15.1 Å². The Labute approximate surface area is 177 Å². The SMILES string of the molecule is CC(=O)NC(CC(C)(C)C)C(=O)N1CC(=O)C2C1CCN2C(=O)[CH]CC(C)C(N)=O. The molecule has 2 heterocycles. The number of Topliss-reactive ketones (excluding diaryl/α,β-unsaturated/α-hetero) is 1. The number of nitrogens with one attached hydrogen (secondary N) is 1. The largest absolute Gasteiger partial charge is 0.369 e. The van der Waals surface area contributed by atoms with E-state index >= 15 is 0 Å². The highest BCUT2D eigenvalue weighted by Crippen LogP contribution is 2.32. The molecule has 4 atom stereocenters. The molecule has 0 aromatic carbocycles. The molecule has 9 heteroatoms. The Morgan fingerprint density at radius 2 is 1.87 bits per heavy atom. The topological polar surface area (TPSA) is 130 Å². The number of rotatable bonds is 7. The van der Waals surface area contributed by atoms with Gasteiger partial charge in [0.25, 0.3) is 0 Å². The molecule has 1 radical (unpaired) electrons. The summed E-state index contributed by atoms with van der Waals surface area (Å²) < 4.78 is 0. The second-order valence-electron chi connectivity index (χ2n) is 9.53. The van der Waals surface area contributed by atoms with E-state index in [9.17, 15) is 24.0 Å². The van der Waals surface area contributed by atoms with Crippen molar-refractivity contribution in [3.05, 3.63) is 6.42 Å². The van der Waals surface area contributed by atoms with Gasteiger partial charge in [-0.15, -0.1) is 0 Å². The minimum atomic E-state index is -0.721. The van der Waals surface area contributed by atoms with Crippen LogP contribution in [0.1, 0.15) is 53.9 Å². The van der Waals surface area contributed by atoms with Gasteiger partial charge < -0.3 is 20.9 Å². The molecule has 2 aliphatic rings. The Kier molecular flexibility index (Phi) is 7.26. The Balaban J connectivity index is 2.11. The molecule has 0 aromatic heterocycles. The van der Waals surface area contributed by atoms with Crippen molar-refractivity contribution >= 4 is 29.4 Å². The number of carbonyl (C=O) groups excluding carboxylic acids is 5. The Hall–Kier alpha value is -2.45. The van der Waals surface area contributed by atoms with Crippen LogP contribution in [0.25, 0.3) is 0 Å². The number of ketones is 1. The van der Waals surface area contributed by atoms with Crippen LogP contribution in [0.4, 0.5) is 0 Å². The van der Waals surface area contributed by atoms with Gasteiger partial charge >= 0.3 is 0 Å². The van der Waals surface area contributed by atoms with E-state index in [1.807, 2.05) is 20.8 Å². The summed E-state index contributed by atoms with van der Waals surface area (Å²) in [7, 11) is 0. The number of amides is 4. The van der Waals surface area contributed by atoms with E-state index in [2.05, 4.69) is 5.32 Å². The Morgan fingerprint density at radius 3 is 2.40 bits per heavy atom. The second kappa shape index (κ2) is 9.14. The van der Waals surface area contributed by atoms with Crippen molar-refractivity contribution < 1.29 is 24.0 Å². The van der Waals surface area contributed by atoms with Crippen LogP contribution in [0.5, 0.6) is 0 Å². The van der Waals surface area contributed by atoms with E-state index in [4.69, 9.17) is 5.73 Å². The molecule has 9 nitrogen and oxygen atoms in total. The molecular weight excluding hydrogens is 388 g/mol. The molecule has 167 valence electrons. The summed E-state index contributed by atoms with van der Waals surface area (Å²) in [6.07, 6.45) is 2.52. The number of primary amides is 1. The van der Waals surface area contributed by atoms with E-state index in [1.54, 1.807) is 6.92 Å². The average Bonchev–Trinajstić information content (AvgIpc) is 3.18. The van der Waals surface area contributed by atoms with Gasteiger partial charge in [-0.3, -0.25) is 24.0 Å². The van der Waals surface area contributed by atoms with Gasteiger partial charge in [-0.05, 0) is 24.7 Å². The third-order valence-corrected chi connectivity index (χ3v) is 5.61. The zero-order valence-corrected chi connectivity index (χ0v) is 18.4. The first kappa shape index (κ1) is 23.8. The number of likely N-dealkylation sites (tertiary alicyclic amines) is 2. The zero-order chi connectivity index (χ0) is 22.8. The van der Waals surface area contributed by atoms with Crippen molar-refractivity contribution in [3.8, 4) is 0 Å². The van der Waals surface area contributed by atoms with E-state index in [-0.39, 0.29) is 41.9 Å². The number of hydrogen-bond donors (Lipinski definition) is 2. The smallest absolute Gasteiger partial charge is 0.245 e. The fraction of sp³-hybridized carbons (Fsp3) is 0.714. The lowest BCUT2D eigenvalue weighted by atomic mass is 9.87. The Morgan fingerprint density at radius 1 is 1.23 bits per heavy atom. The number of fused-ring (bicyclic) bond motifs is 1. The highest BCUT2D eigenvalue weighted by Gasteiger charge is 2.52. The molecule has 4 unspecified atom stereocenters. The molecular formula is C21H33N4O5. The van der Waals surface area contributed by atoms with Crippen LogP contribution in [0.3, 0.4) is 0 Å². The van der Waals surface area contributed by atoms with Gasteiger partial charge in [-0.1, -0.05) is 27.7 Å².